The van der Waals surface area contributed by atoms with Gasteiger partial charge in [-0.2, -0.15) is 0 Å². The molecule has 1 aliphatic rings. The molecule has 1 aromatic rings. The first-order chi connectivity index (χ1) is 18.6. The van der Waals surface area contributed by atoms with Gasteiger partial charge in [0.2, 0.25) is 0 Å². The topological polar surface area (TPSA) is 51.7 Å². The van der Waals surface area contributed by atoms with Crippen molar-refractivity contribution < 1.29 is 14.3 Å². The second kappa shape index (κ2) is 16.9. The largest absolute Gasteiger partial charge is 0.425 e. The average Bonchev–Trinajstić information content (AvgIpc) is 3.24. The number of fused-ring (bicyclic) bond motifs is 1. The van der Waals surface area contributed by atoms with Crippen molar-refractivity contribution >= 4 is 12.3 Å². The second-order valence-electron chi connectivity index (χ2n) is 12.6. The lowest BCUT2D eigenvalue weighted by molar-refractivity contribution is -0.120. The van der Waals surface area contributed by atoms with Gasteiger partial charge in [-0.05, 0) is 57.3 Å². The number of hydrogen-bond donors (Lipinski definition) is 0. The minimum absolute atomic E-state index is 0.477. The van der Waals surface area contributed by atoms with Gasteiger partial charge in [0.05, 0.1) is 11.3 Å². The van der Waals surface area contributed by atoms with Gasteiger partial charge in [0.15, 0.2) is 5.75 Å². The van der Waals surface area contributed by atoms with Gasteiger partial charge in [-0.15, -0.1) is 0 Å². The summed E-state index contributed by atoms with van der Waals surface area (Å²) in [5.41, 5.74) is 2.01. The molecule has 0 aromatic carbocycles. The van der Waals surface area contributed by atoms with Crippen LogP contribution in [0.5, 0.6) is 5.75 Å². The molecule has 0 bridgehead atoms. The van der Waals surface area contributed by atoms with Crippen LogP contribution in [0.1, 0.15) is 129 Å². The number of nitrogens with zero attached hydrogens (tertiary/aromatic N) is 2. The summed E-state index contributed by atoms with van der Waals surface area (Å²) >= 11 is 0. The number of unbranched alkanes of at least 4 members (excludes halogenated alkanes) is 1. The summed E-state index contributed by atoms with van der Waals surface area (Å²) in [7, 11) is 2.04. The highest BCUT2D eigenvalue weighted by Gasteiger charge is 2.27. The first kappa shape index (κ1) is 33.1. The minimum atomic E-state index is -0.535. The molecule has 0 spiro atoms. The molecule has 3 atom stereocenters. The van der Waals surface area contributed by atoms with Crippen LogP contribution < -0.4 is 9.64 Å². The van der Waals surface area contributed by atoms with Gasteiger partial charge >= 0.3 is 0 Å². The van der Waals surface area contributed by atoms with E-state index in [1.807, 2.05) is 14.0 Å². The fraction of sp³-hybridized carbons (Fsp3) is 0.765. The molecule has 5 heteroatoms. The molecule has 1 aliphatic heterocycles. The van der Waals surface area contributed by atoms with E-state index in [9.17, 15) is 4.79 Å². The summed E-state index contributed by atoms with van der Waals surface area (Å²) < 4.78 is 11.8. The van der Waals surface area contributed by atoms with Crippen molar-refractivity contribution in [3.05, 3.63) is 16.8 Å². The molecule has 0 amide bonds. The number of aromatic nitrogens is 1. The van der Waals surface area contributed by atoms with E-state index in [0.717, 1.165) is 73.3 Å². The van der Waals surface area contributed by atoms with Gasteiger partial charge in [-0.1, -0.05) is 97.8 Å². The Balaban J connectivity index is 2.02. The van der Waals surface area contributed by atoms with Crippen LogP contribution >= 0.6 is 0 Å². The van der Waals surface area contributed by atoms with Gasteiger partial charge in [-0.3, -0.25) is 4.79 Å². The maximum Gasteiger partial charge on any atom is 0.298 e. The molecule has 0 N–H and O–H groups in total. The van der Waals surface area contributed by atoms with Crippen molar-refractivity contribution in [3.63, 3.8) is 0 Å². The number of anilines is 1. The van der Waals surface area contributed by atoms with E-state index >= 15 is 0 Å². The number of aryl methyl sites for hydroxylation is 1. The molecular formula is C34H56N2O3. The molecule has 1 aromatic heterocycles. The first-order valence-corrected chi connectivity index (χ1v) is 15.6. The van der Waals surface area contributed by atoms with Crippen LogP contribution in [0.15, 0.2) is 0 Å². The van der Waals surface area contributed by atoms with Crippen LogP contribution in [0.4, 0.5) is 5.82 Å². The van der Waals surface area contributed by atoms with E-state index < -0.39 is 5.60 Å². The number of ether oxygens (including phenoxy) is 2. The Bertz CT molecular complexity index is 948. The minimum Gasteiger partial charge on any atom is -0.425 e. The van der Waals surface area contributed by atoms with Crippen molar-refractivity contribution in [3.8, 4) is 17.6 Å². The lowest BCUT2D eigenvalue weighted by Gasteiger charge is -2.25. The summed E-state index contributed by atoms with van der Waals surface area (Å²) in [6.45, 7) is 17.7. The van der Waals surface area contributed by atoms with Crippen LogP contribution in [0, 0.1) is 36.5 Å². The van der Waals surface area contributed by atoms with E-state index in [1.165, 1.54) is 44.9 Å². The maximum absolute atomic E-state index is 11.3. The third kappa shape index (κ3) is 11.1. The lowest BCUT2D eigenvalue weighted by atomic mass is 9.90. The lowest BCUT2D eigenvalue weighted by Crippen LogP contribution is -2.27. The molecule has 39 heavy (non-hydrogen) atoms. The maximum atomic E-state index is 11.3. The summed E-state index contributed by atoms with van der Waals surface area (Å²) in [6.07, 6.45) is 14.2. The summed E-state index contributed by atoms with van der Waals surface area (Å²) in [5.74, 6) is 10.7. The molecule has 2 heterocycles. The summed E-state index contributed by atoms with van der Waals surface area (Å²) in [4.78, 5) is 18.1. The monoisotopic (exact) mass is 540 g/mol. The van der Waals surface area contributed by atoms with Crippen molar-refractivity contribution in [1.29, 1.82) is 0 Å². The highest BCUT2D eigenvalue weighted by Crippen LogP contribution is 2.35. The molecule has 0 fully saturated rings. The number of likely N-dealkylation sites (N-methyl/N-ethyl adjacent to an activating group) is 1. The highest BCUT2D eigenvalue weighted by molar-refractivity contribution is 5.67. The van der Waals surface area contributed by atoms with Crippen molar-refractivity contribution in [2.75, 3.05) is 25.1 Å². The van der Waals surface area contributed by atoms with Crippen LogP contribution in [-0.2, 0) is 16.0 Å². The fourth-order valence-corrected chi connectivity index (χ4v) is 5.54. The molecule has 0 radical (unpaired) electrons. The van der Waals surface area contributed by atoms with Crippen LogP contribution in [-0.4, -0.2) is 37.3 Å². The Hall–Kier alpha value is -2.06. The molecule has 2 unspecified atom stereocenters. The highest BCUT2D eigenvalue weighted by atomic mass is 16.5. The van der Waals surface area contributed by atoms with Crippen LogP contribution in [0.25, 0.3) is 0 Å². The molecule has 0 saturated heterocycles. The fourth-order valence-electron chi connectivity index (χ4n) is 5.54. The van der Waals surface area contributed by atoms with E-state index in [4.69, 9.17) is 9.47 Å². The number of carbonyl (C=O) groups excluding carboxylic acids is 1. The van der Waals surface area contributed by atoms with Gasteiger partial charge in [-0.25, -0.2) is 4.98 Å². The van der Waals surface area contributed by atoms with Crippen molar-refractivity contribution in [2.45, 2.75) is 131 Å². The quantitative estimate of drug-likeness (QED) is 0.106. The van der Waals surface area contributed by atoms with Gasteiger partial charge in [0.25, 0.3) is 6.47 Å². The number of carbonyl (C=O) groups is 1. The Morgan fingerprint density at radius 2 is 1.67 bits per heavy atom. The third-order valence-electron chi connectivity index (χ3n) is 8.22. The van der Waals surface area contributed by atoms with Crippen molar-refractivity contribution in [1.82, 2.24) is 4.98 Å². The van der Waals surface area contributed by atoms with E-state index in [1.54, 1.807) is 0 Å². The SMILES string of the molecule is CCCCO[C@@](C)(C#Cc1c2c(nc(C)c1OC=O)N(C)CC2)CCCC(C)CCCC(C)CCCC(C)C. The standard InChI is InChI=1S/C34H56N2O3/c1-9-10-24-39-34(7,21-13-18-28(5)17-12-16-27(4)15-11-14-26(2)3)22-19-30-31-20-23-36(8)33(31)35-29(6)32(30)38-25-37/h25-28H,9-18,20-21,23-24H2,1-8H3/t27?,28?,34-/m1/s1. The van der Waals surface area contributed by atoms with Crippen LogP contribution in [0.2, 0.25) is 0 Å². The van der Waals surface area contributed by atoms with Gasteiger partial charge in [0, 0.05) is 25.8 Å². The number of hydrogen-bond acceptors (Lipinski definition) is 5. The zero-order valence-electron chi connectivity index (χ0n) is 26.3. The van der Waals surface area contributed by atoms with Crippen LogP contribution in [0.3, 0.4) is 0 Å². The normalized spacial score (nSPS) is 15.9. The third-order valence-corrected chi connectivity index (χ3v) is 8.22. The second-order valence-corrected chi connectivity index (χ2v) is 12.6. The summed E-state index contributed by atoms with van der Waals surface area (Å²) in [5, 5.41) is 0. The smallest absolute Gasteiger partial charge is 0.298 e. The number of pyridine rings is 1. The molecular weight excluding hydrogens is 484 g/mol. The average molecular weight is 541 g/mol. The molecule has 220 valence electrons. The Kier molecular flexibility index (Phi) is 14.4. The van der Waals surface area contributed by atoms with Gasteiger partial charge in [0.1, 0.15) is 11.4 Å². The molecule has 0 aliphatic carbocycles. The Labute approximate surface area is 239 Å². The number of rotatable bonds is 18. The predicted octanol–water partition coefficient (Wildman–Crippen LogP) is 8.28. The zero-order valence-corrected chi connectivity index (χ0v) is 26.3. The first-order valence-electron chi connectivity index (χ1n) is 15.6. The Morgan fingerprint density at radius 1 is 1.03 bits per heavy atom. The molecule has 2 rings (SSSR count). The van der Waals surface area contributed by atoms with Crippen molar-refractivity contribution in [2.24, 2.45) is 17.8 Å². The van der Waals surface area contributed by atoms with E-state index in [2.05, 4.69) is 63.3 Å². The molecule has 5 nitrogen and oxygen atoms in total. The van der Waals surface area contributed by atoms with E-state index in [0.29, 0.717) is 24.5 Å². The summed E-state index contributed by atoms with van der Waals surface area (Å²) in [6, 6.07) is 0. The zero-order chi connectivity index (χ0) is 28.8. The predicted molar refractivity (Wildman–Crippen MR) is 164 cm³/mol. The Morgan fingerprint density at radius 3 is 2.28 bits per heavy atom. The van der Waals surface area contributed by atoms with Gasteiger partial charge < -0.3 is 14.4 Å². The molecule has 0 saturated carbocycles. The van der Waals surface area contributed by atoms with E-state index in [-0.39, 0.29) is 0 Å².